The number of likely N-dealkylation sites (tertiary alicyclic amines) is 2. The molecular formula is C39H52F2N6O3. The number of nitriles is 1. The summed E-state index contributed by atoms with van der Waals surface area (Å²) in [4.78, 5) is 22.1. The summed E-state index contributed by atoms with van der Waals surface area (Å²) >= 11 is 0. The lowest BCUT2D eigenvalue weighted by atomic mass is 9.58. The van der Waals surface area contributed by atoms with E-state index >= 15 is 4.39 Å². The number of morpholine rings is 1. The van der Waals surface area contributed by atoms with Crippen LogP contribution in [0.1, 0.15) is 48.8 Å². The van der Waals surface area contributed by atoms with Gasteiger partial charge in [0.05, 0.1) is 32.0 Å². The second-order valence-electron chi connectivity index (χ2n) is 15.3. The van der Waals surface area contributed by atoms with E-state index < -0.39 is 12.3 Å². The number of benzene rings is 2. The van der Waals surface area contributed by atoms with E-state index in [2.05, 4.69) is 43.1 Å². The number of carbonyl (C=O) groups is 1. The van der Waals surface area contributed by atoms with Crippen molar-refractivity contribution in [1.29, 1.82) is 5.26 Å². The van der Waals surface area contributed by atoms with Gasteiger partial charge in [0.2, 0.25) is 0 Å². The molecular weight excluding hydrogens is 638 g/mol. The van der Waals surface area contributed by atoms with Crippen LogP contribution in [0.3, 0.4) is 0 Å². The van der Waals surface area contributed by atoms with Crippen molar-refractivity contribution in [2.45, 2.75) is 56.3 Å². The minimum atomic E-state index is -0.754. The van der Waals surface area contributed by atoms with E-state index in [4.69, 9.17) is 9.47 Å². The second-order valence-corrected chi connectivity index (χ2v) is 15.3. The summed E-state index contributed by atoms with van der Waals surface area (Å²) in [5, 5.41) is 12.8. The normalized spacial score (nSPS) is 25.8. The maximum Gasteiger partial charge on any atom is 0.407 e. The van der Waals surface area contributed by atoms with Crippen molar-refractivity contribution in [3.63, 3.8) is 0 Å². The standard InChI is InChI=1S/C39H52F2N6O3/c1-49-38(48)43-37-7-3-6-36(37)39(27-45-14-16-50-17-15-45,32-4-2-5-33(40)19-32)31-10-12-44(13-11-31)21-28-22-47(23-28)35-9-8-29(20-42)30(18-35)24-46-25-34(41)26-46/h2,4-5,8-9,18-19,28,31,34,36-37H,3,6-7,10-17,21-27H2,1H3,(H,43,48)/t36-,37-,39-/m0/s1. The predicted molar refractivity (Wildman–Crippen MR) is 188 cm³/mol. The number of alkyl carbamates (subject to hydrolysis) is 1. The fraction of sp³-hybridized carbons (Fsp3) is 0.641. The van der Waals surface area contributed by atoms with Gasteiger partial charge >= 0.3 is 6.09 Å². The zero-order valence-electron chi connectivity index (χ0n) is 29.4. The molecule has 1 N–H and O–H groups in total. The average Bonchev–Trinajstić information content (AvgIpc) is 3.57. The number of carbonyl (C=O) groups excluding carboxylic acids is 1. The van der Waals surface area contributed by atoms with Gasteiger partial charge in [-0.25, -0.2) is 13.6 Å². The van der Waals surface area contributed by atoms with E-state index in [0.717, 1.165) is 101 Å². The fourth-order valence-corrected chi connectivity index (χ4v) is 9.74. The molecule has 0 aromatic heterocycles. The predicted octanol–water partition coefficient (Wildman–Crippen LogP) is 4.79. The van der Waals surface area contributed by atoms with Crippen LogP contribution in [0.4, 0.5) is 19.3 Å². The smallest absolute Gasteiger partial charge is 0.407 e. The summed E-state index contributed by atoms with van der Waals surface area (Å²) < 4.78 is 39.3. The van der Waals surface area contributed by atoms with Crippen molar-refractivity contribution < 1.29 is 23.0 Å². The number of anilines is 1. The summed E-state index contributed by atoms with van der Waals surface area (Å²) in [6.45, 7) is 10.4. The van der Waals surface area contributed by atoms with Crippen LogP contribution in [0.25, 0.3) is 0 Å². The number of piperidine rings is 1. The molecule has 0 spiro atoms. The van der Waals surface area contributed by atoms with Crippen LogP contribution in [0, 0.1) is 34.9 Å². The number of nitrogens with zero attached hydrogens (tertiary/aromatic N) is 5. The van der Waals surface area contributed by atoms with Crippen LogP contribution in [-0.2, 0) is 21.4 Å². The molecule has 1 amide bonds. The Bertz CT molecular complexity index is 1510. The Morgan fingerprint density at radius 3 is 2.48 bits per heavy atom. The van der Waals surface area contributed by atoms with Gasteiger partial charge < -0.3 is 24.6 Å². The Morgan fingerprint density at radius 2 is 1.78 bits per heavy atom. The van der Waals surface area contributed by atoms with Gasteiger partial charge in [-0.3, -0.25) is 9.80 Å². The lowest BCUT2D eigenvalue weighted by Crippen LogP contribution is -2.59. The van der Waals surface area contributed by atoms with Gasteiger partial charge in [-0.15, -0.1) is 0 Å². The Balaban J connectivity index is 1.04. The first-order chi connectivity index (χ1) is 24.3. The summed E-state index contributed by atoms with van der Waals surface area (Å²) in [7, 11) is 1.42. The summed E-state index contributed by atoms with van der Waals surface area (Å²) in [5.41, 5.74) is 3.52. The number of methoxy groups -OCH3 is 1. The summed E-state index contributed by atoms with van der Waals surface area (Å²) in [6, 6.07) is 15.6. The molecule has 50 heavy (non-hydrogen) atoms. The monoisotopic (exact) mass is 690 g/mol. The third-order valence-corrected chi connectivity index (χ3v) is 12.3. The van der Waals surface area contributed by atoms with Crippen molar-refractivity contribution >= 4 is 11.8 Å². The first kappa shape index (κ1) is 35.1. The molecule has 4 heterocycles. The fourth-order valence-electron chi connectivity index (χ4n) is 9.74. The highest BCUT2D eigenvalue weighted by molar-refractivity contribution is 5.67. The second kappa shape index (κ2) is 15.5. The zero-order valence-corrected chi connectivity index (χ0v) is 29.4. The third-order valence-electron chi connectivity index (χ3n) is 12.3. The van der Waals surface area contributed by atoms with Gasteiger partial charge in [-0.1, -0.05) is 18.6 Å². The molecule has 0 bridgehead atoms. The molecule has 0 unspecified atom stereocenters. The number of hydrogen-bond donors (Lipinski definition) is 1. The molecule has 270 valence electrons. The molecule has 9 nitrogen and oxygen atoms in total. The number of rotatable bonds is 11. The van der Waals surface area contributed by atoms with Crippen LogP contribution in [0.2, 0.25) is 0 Å². The largest absolute Gasteiger partial charge is 0.453 e. The van der Waals surface area contributed by atoms with Crippen LogP contribution in [0.15, 0.2) is 42.5 Å². The van der Waals surface area contributed by atoms with Gasteiger partial charge in [0.1, 0.15) is 12.0 Å². The van der Waals surface area contributed by atoms with Crippen LogP contribution in [0.5, 0.6) is 0 Å². The highest BCUT2D eigenvalue weighted by Gasteiger charge is 2.53. The van der Waals surface area contributed by atoms with Crippen molar-refractivity contribution in [2.75, 3.05) is 90.7 Å². The minimum absolute atomic E-state index is 0.0278. The van der Waals surface area contributed by atoms with Crippen molar-refractivity contribution in [3.8, 4) is 6.07 Å². The molecule has 5 aliphatic rings. The molecule has 11 heteroatoms. The highest BCUT2D eigenvalue weighted by Crippen LogP contribution is 2.51. The first-order valence-electron chi connectivity index (χ1n) is 18.6. The molecule has 4 aliphatic heterocycles. The SMILES string of the molecule is COC(=O)N[C@H]1CCC[C@@H]1[C@](CN1CCOCC1)(c1cccc(F)c1)C1CCN(CC2CN(c3ccc(C#N)c(CN4CC(F)C4)c3)C2)CC1. The van der Waals surface area contributed by atoms with Gasteiger partial charge in [0, 0.05) is 82.0 Å². The molecule has 7 rings (SSSR count). The van der Waals surface area contributed by atoms with E-state index in [1.54, 1.807) is 6.07 Å². The number of hydrogen-bond acceptors (Lipinski definition) is 8. The number of ether oxygens (including phenoxy) is 2. The third kappa shape index (κ3) is 7.50. The van der Waals surface area contributed by atoms with Crippen LogP contribution in [-0.4, -0.2) is 119 Å². The first-order valence-corrected chi connectivity index (χ1v) is 18.6. The van der Waals surface area contributed by atoms with Gasteiger partial charge in [0.15, 0.2) is 0 Å². The average molecular weight is 691 g/mol. The van der Waals surface area contributed by atoms with Crippen LogP contribution >= 0.6 is 0 Å². The number of alkyl halides is 1. The van der Waals surface area contributed by atoms with Gasteiger partial charge in [0.25, 0.3) is 0 Å². The van der Waals surface area contributed by atoms with E-state index in [1.165, 1.54) is 13.2 Å². The van der Waals surface area contributed by atoms with Crippen molar-refractivity contribution in [2.24, 2.45) is 17.8 Å². The number of halogens is 2. The molecule has 4 saturated heterocycles. The zero-order chi connectivity index (χ0) is 34.7. The molecule has 2 aromatic rings. The Kier molecular flexibility index (Phi) is 10.9. The molecule has 0 radical (unpaired) electrons. The quantitative estimate of drug-likeness (QED) is 0.361. The summed E-state index contributed by atoms with van der Waals surface area (Å²) in [6.07, 6.45) is 3.80. The Labute approximate surface area is 295 Å². The van der Waals surface area contributed by atoms with Crippen molar-refractivity contribution in [1.82, 2.24) is 20.0 Å². The Hall–Kier alpha value is -3.30. The maximum atomic E-state index is 15.1. The highest BCUT2D eigenvalue weighted by atomic mass is 19.1. The molecule has 5 fully saturated rings. The van der Waals surface area contributed by atoms with E-state index in [0.29, 0.717) is 50.2 Å². The molecule has 2 aromatic carbocycles. The number of amides is 1. The van der Waals surface area contributed by atoms with E-state index in [-0.39, 0.29) is 23.2 Å². The number of nitrogens with one attached hydrogen (secondary N) is 1. The molecule has 1 aliphatic carbocycles. The Morgan fingerprint density at radius 1 is 1.00 bits per heavy atom. The minimum Gasteiger partial charge on any atom is -0.453 e. The maximum absolute atomic E-state index is 15.1. The van der Waals surface area contributed by atoms with Gasteiger partial charge in [-0.2, -0.15) is 5.26 Å². The van der Waals surface area contributed by atoms with Crippen molar-refractivity contribution in [3.05, 3.63) is 65.0 Å². The topological polar surface area (TPSA) is 84.3 Å². The lowest BCUT2D eigenvalue weighted by molar-refractivity contribution is -0.00681. The van der Waals surface area contributed by atoms with Crippen LogP contribution < -0.4 is 10.2 Å². The van der Waals surface area contributed by atoms with E-state index in [1.807, 2.05) is 18.2 Å². The van der Waals surface area contributed by atoms with E-state index in [9.17, 15) is 14.4 Å². The summed E-state index contributed by atoms with van der Waals surface area (Å²) in [5.74, 6) is 0.861. The molecule has 3 atom stereocenters. The lowest BCUT2D eigenvalue weighted by Gasteiger charge is -2.53. The molecule has 1 saturated carbocycles. The van der Waals surface area contributed by atoms with Gasteiger partial charge in [-0.05, 0) is 92.1 Å².